The summed E-state index contributed by atoms with van der Waals surface area (Å²) in [5.74, 6) is 0.501. The molecule has 0 radical (unpaired) electrons. The van der Waals surface area contributed by atoms with Crippen molar-refractivity contribution >= 4 is 0 Å². The molecule has 0 saturated carbocycles. The molecule has 1 unspecified atom stereocenters. The van der Waals surface area contributed by atoms with Crippen LogP contribution in [0, 0.1) is 13.8 Å². The second-order valence-electron chi connectivity index (χ2n) is 5.83. The third-order valence-corrected chi connectivity index (χ3v) is 3.98. The van der Waals surface area contributed by atoms with E-state index in [0.29, 0.717) is 5.92 Å². The van der Waals surface area contributed by atoms with Crippen LogP contribution in [-0.2, 0) is 6.54 Å². The van der Waals surface area contributed by atoms with Crippen molar-refractivity contribution < 1.29 is 0 Å². The molecule has 2 rings (SSSR count). The predicted molar refractivity (Wildman–Crippen MR) is 88.8 cm³/mol. The Morgan fingerprint density at radius 1 is 1.19 bits per heavy atom. The lowest BCUT2D eigenvalue weighted by Crippen LogP contribution is -2.21. The van der Waals surface area contributed by atoms with Gasteiger partial charge in [-0.05, 0) is 38.3 Å². The average Bonchev–Trinajstić information content (AvgIpc) is 2.75. The van der Waals surface area contributed by atoms with E-state index in [2.05, 4.69) is 68.0 Å². The second kappa shape index (κ2) is 7.41. The highest BCUT2D eigenvalue weighted by Gasteiger charge is 2.17. The molecule has 1 heterocycles. The molecule has 0 aliphatic rings. The van der Waals surface area contributed by atoms with Crippen molar-refractivity contribution in [3.63, 3.8) is 0 Å². The van der Waals surface area contributed by atoms with Gasteiger partial charge in [-0.1, -0.05) is 44.2 Å². The lowest BCUT2D eigenvalue weighted by molar-refractivity contribution is 0.603. The topological polar surface area (TPSA) is 29.9 Å². The zero-order chi connectivity index (χ0) is 15.2. The summed E-state index contributed by atoms with van der Waals surface area (Å²) in [5, 5.41) is 8.25. The number of benzene rings is 1. The number of nitrogens with one attached hydrogen (secondary N) is 1. The standard InChI is InChI=1S/C18H27N3/c1-5-11-19-12-14(2)18-15(3)20-21(16(18)4)13-17-9-7-6-8-10-17/h6-10,14,19H,5,11-13H2,1-4H3. The van der Waals surface area contributed by atoms with E-state index >= 15 is 0 Å². The van der Waals surface area contributed by atoms with Gasteiger partial charge in [0.05, 0.1) is 12.2 Å². The Hall–Kier alpha value is -1.61. The van der Waals surface area contributed by atoms with Crippen molar-refractivity contribution in [1.82, 2.24) is 15.1 Å². The zero-order valence-corrected chi connectivity index (χ0v) is 13.7. The van der Waals surface area contributed by atoms with Crippen molar-refractivity contribution in [2.24, 2.45) is 0 Å². The summed E-state index contributed by atoms with van der Waals surface area (Å²) >= 11 is 0. The van der Waals surface area contributed by atoms with Gasteiger partial charge in [0.25, 0.3) is 0 Å². The number of nitrogens with zero attached hydrogens (tertiary/aromatic N) is 2. The van der Waals surface area contributed by atoms with Gasteiger partial charge in [0, 0.05) is 17.8 Å². The zero-order valence-electron chi connectivity index (χ0n) is 13.7. The molecule has 0 spiro atoms. The van der Waals surface area contributed by atoms with E-state index in [0.717, 1.165) is 25.3 Å². The molecule has 1 aromatic heterocycles. The quantitative estimate of drug-likeness (QED) is 0.787. The molecule has 3 heteroatoms. The van der Waals surface area contributed by atoms with Crippen molar-refractivity contribution in [1.29, 1.82) is 0 Å². The SMILES string of the molecule is CCCNCC(C)c1c(C)nn(Cc2ccccc2)c1C. The van der Waals surface area contributed by atoms with E-state index < -0.39 is 0 Å². The Morgan fingerprint density at radius 2 is 1.90 bits per heavy atom. The molecule has 0 fully saturated rings. The fraction of sp³-hybridized carbons (Fsp3) is 0.500. The summed E-state index contributed by atoms with van der Waals surface area (Å²) < 4.78 is 2.14. The predicted octanol–water partition coefficient (Wildman–Crippen LogP) is 3.65. The molecule has 3 nitrogen and oxygen atoms in total. The maximum atomic E-state index is 4.74. The molecule has 0 bridgehead atoms. The van der Waals surface area contributed by atoms with Crippen LogP contribution in [0.5, 0.6) is 0 Å². The Morgan fingerprint density at radius 3 is 2.57 bits per heavy atom. The summed E-state index contributed by atoms with van der Waals surface area (Å²) in [6.07, 6.45) is 1.18. The monoisotopic (exact) mass is 285 g/mol. The van der Waals surface area contributed by atoms with Gasteiger partial charge < -0.3 is 5.32 Å². The van der Waals surface area contributed by atoms with E-state index in [1.165, 1.54) is 23.2 Å². The molecule has 0 aliphatic heterocycles. The fourth-order valence-electron chi connectivity index (χ4n) is 2.93. The molecule has 0 saturated heterocycles. The minimum atomic E-state index is 0.501. The number of hydrogen-bond donors (Lipinski definition) is 1. The van der Waals surface area contributed by atoms with Crippen LogP contribution >= 0.6 is 0 Å². The van der Waals surface area contributed by atoms with E-state index in [1.54, 1.807) is 0 Å². The fourth-order valence-corrected chi connectivity index (χ4v) is 2.93. The highest BCUT2D eigenvalue weighted by Crippen LogP contribution is 2.23. The van der Waals surface area contributed by atoms with E-state index in [1.807, 2.05) is 0 Å². The summed E-state index contributed by atoms with van der Waals surface area (Å²) in [4.78, 5) is 0. The third kappa shape index (κ3) is 3.94. The van der Waals surface area contributed by atoms with Crippen molar-refractivity contribution in [3.8, 4) is 0 Å². The highest BCUT2D eigenvalue weighted by molar-refractivity contribution is 5.29. The number of aryl methyl sites for hydroxylation is 1. The van der Waals surface area contributed by atoms with Crippen LogP contribution in [0.4, 0.5) is 0 Å². The van der Waals surface area contributed by atoms with E-state index in [4.69, 9.17) is 5.10 Å². The molecule has 1 atom stereocenters. The van der Waals surface area contributed by atoms with Gasteiger partial charge >= 0.3 is 0 Å². The Bertz CT molecular complexity index is 557. The third-order valence-electron chi connectivity index (χ3n) is 3.98. The first-order valence-corrected chi connectivity index (χ1v) is 7.92. The molecule has 1 N–H and O–H groups in total. The van der Waals surface area contributed by atoms with E-state index in [9.17, 15) is 0 Å². The van der Waals surface area contributed by atoms with Gasteiger partial charge in [0.1, 0.15) is 0 Å². The number of aromatic nitrogens is 2. The van der Waals surface area contributed by atoms with Gasteiger partial charge in [0.2, 0.25) is 0 Å². The first kappa shape index (κ1) is 15.8. The first-order chi connectivity index (χ1) is 10.1. The van der Waals surface area contributed by atoms with Gasteiger partial charge in [-0.3, -0.25) is 4.68 Å². The van der Waals surface area contributed by atoms with Crippen LogP contribution < -0.4 is 5.32 Å². The van der Waals surface area contributed by atoms with Crippen LogP contribution in [0.3, 0.4) is 0 Å². The van der Waals surface area contributed by atoms with Crippen LogP contribution in [0.15, 0.2) is 30.3 Å². The summed E-state index contributed by atoms with van der Waals surface area (Å²) in [7, 11) is 0. The molecule has 114 valence electrons. The normalized spacial score (nSPS) is 12.6. The maximum absolute atomic E-state index is 4.74. The van der Waals surface area contributed by atoms with Crippen molar-refractivity contribution in [2.45, 2.75) is 46.6 Å². The van der Waals surface area contributed by atoms with Gasteiger partial charge in [0.15, 0.2) is 0 Å². The number of rotatable bonds is 7. The molecule has 21 heavy (non-hydrogen) atoms. The lowest BCUT2D eigenvalue weighted by Gasteiger charge is -2.13. The van der Waals surface area contributed by atoms with Crippen LogP contribution in [0.2, 0.25) is 0 Å². The minimum Gasteiger partial charge on any atom is -0.316 e. The maximum Gasteiger partial charge on any atom is 0.0662 e. The Kier molecular flexibility index (Phi) is 5.57. The molecular formula is C18H27N3. The molecule has 0 aliphatic carbocycles. The van der Waals surface area contributed by atoms with E-state index in [-0.39, 0.29) is 0 Å². The second-order valence-corrected chi connectivity index (χ2v) is 5.83. The van der Waals surface area contributed by atoms with Crippen molar-refractivity contribution in [3.05, 3.63) is 52.8 Å². The Balaban J connectivity index is 2.13. The average molecular weight is 285 g/mol. The lowest BCUT2D eigenvalue weighted by atomic mass is 9.99. The molecule has 2 aromatic rings. The molecular weight excluding hydrogens is 258 g/mol. The Labute approximate surface area is 128 Å². The summed E-state index contributed by atoms with van der Waals surface area (Å²) in [6, 6.07) is 10.5. The van der Waals surface area contributed by atoms with Gasteiger partial charge in [-0.25, -0.2) is 0 Å². The smallest absolute Gasteiger partial charge is 0.0662 e. The van der Waals surface area contributed by atoms with Crippen LogP contribution in [0.25, 0.3) is 0 Å². The number of hydrogen-bond acceptors (Lipinski definition) is 2. The van der Waals surface area contributed by atoms with Gasteiger partial charge in [-0.15, -0.1) is 0 Å². The first-order valence-electron chi connectivity index (χ1n) is 7.92. The largest absolute Gasteiger partial charge is 0.316 e. The summed E-state index contributed by atoms with van der Waals surface area (Å²) in [5.41, 5.74) is 5.15. The highest BCUT2D eigenvalue weighted by atomic mass is 15.3. The van der Waals surface area contributed by atoms with Crippen LogP contribution in [-0.4, -0.2) is 22.9 Å². The molecule has 1 aromatic carbocycles. The van der Waals surface area contributed by atoms with Gasteiger partial charge in [-0.2, -0.15) is 5.10 Å². The molecule has 0 amide bonds. The van der Waals surface area contributed by atoms with Crippen molar-refractivity contribution in [2.75, 3.05) is 13.1 Å². The summed E-state index contributed by atoms with van der Waals surface area (Å²) in [6.45, 7) is 11.8. The van der Waals surface area contributed by atoms with Crippen LogP contribution in [0.1, 0.15) is 48.7 Å². The minimum absolute atomic E-state index is 0.501.